The predicted molar refractivity (Wildman–Crippen MR) is 92.4 cm³/mol. The minimum absolute atomic E-state index is 0.00667. The summed E-state index contributed by atoms with van der Waals surface area (Å²) in [5.74, 6) is 0. The molecule has 0 aliphatic rings. The van der Waals surface area contributed by atoms with Crippen LogP contribution < -0.4 is 0 Å². The van der Waals surface area contributed by atoms with Gasteiger partial charge in [0.2, 0.25) is 0 Å². The van der Waals surface area contributed by atoms with Gasteiger partial charge in [-0.3, -0.25) is 0 Å². The summed E-state index contributed by atoms with van der Waals surface area (Å²) in [5, 5.41) is 71.3. The van der Waals surface area contributed by atoms with Gasteiger partial charge in [-0.05, 0) is 13.8 Å². The van der Waals surface area contributed by atoms with Gasteiger partial charge >= 0.3 is 0 Å². The maximum Gasteiger partial charge on any atom is 0.0779 e. The quantitative estimate of drug-likeness (QED) is 0.150. The number of hydrogen-bond acceptors (Lipinski definition) is 10. The van der Waals surface area contributed by atoms with E-state index in [-0.39, 0.29) is 25.9 Å². The van der Waals surface area contributed by atoms with E-state index in [0.29, 0.717) is 6.61 Å². The van der Waals surface area contributed by atoms with Gasteiger partial charge < -0.3 is 50.3 Å². The van der Waals surface area contributed by atoms with E-state index in [1.54, 1.807) is 13.8 Å². The maximum absolute atomic E-state index is 9.03. The highest BCUT2D eigenvalue weighted by atomic mass is 16.5. The number of rotatable bonds is 14. The van der Waals surface area contributed by atoms with E-state index in [4.69, 9.17) is 50.3 Å². The van der Waals surface area contributed by atoms with Gasteiger partial charge in [0, 0.05) is 0 Å². The minimum atomic E-state index is -1.16. The highest BCUT2D eigenvalue weighted by Gasteiger charge is 2.32. The molecule has 10 heteroatoms. The third-order valence-electron chi connectivity index (χ3n) is 3.71. The van der Waals surface area contributed by atoms with Crippen LogP contribution in [-0.2, 0) is 9.47 Å². The third-order valence-corrected chi connectivity index (χ3v) is 3.71. The van der Waals surface area contributed by atoms with Crippen molar-refractivity contribution in [2.45, 2.75) is 26.1 Å². The summed E-state index contributed by atoms with van der Waals surface area (Å²) >= 11 is 0. The van der Waals surface area contributed by atoms with Crippen LogP contribution in [0.25, 0.3) is 0 Å². The van der Waals surface area contributed by atoms with Crippen LogP contribution in [0.1, 0.15) is 13.8 Å². The predicted octanol–water partition coefficient (Wildman–Crippen LogP) is -3.31. The summed E-state index contributed by atoms with van der Waals surface area (Å²) in [5.41, 5.74) is -2.32. The fourth-order valence-corrected chi connectivity index (χ4v) is 1.41. The molecule has 2 atom stereocenters. The smallest absolute Gasteiger partial charge is 0.0779 e. The third kappa shape index (κ3) is 11.3. The molecule has 160 valence electrons. The molecule has 0 radical (unpaired) electrons. The Balaban J connectivity index is 0. The first-order valence-corrected chi connectivity index (χ1v) is 8.37. The number of ether oxygens (including phenoxy) is 2. The molecule has 0 aliphatic carbocycles. The van der Waals surface area contributed by atoms with E-state index in [1.165, 1.54) is 0 Å². The molecule has 2 unspecified atom stereocenters. The fourth-order valence-electron chi connectivity index (χ4n) is 1.41. The first-order chi connectivity index (χ1) is 12.2. The van der Waals surface area contributed by atoms with Crippen LogP contribution in [0, 0.1) is 10.8 Å². The van der Waals surface area contributed by atoms with Crippen LogP contribution in [0.4, 0.5) is 0 Å². The first-order valence-electron chi connectivity index (χ1n) is 8.37. The molecule has 0 aliphatic heterocycles. The Morgan fingerprint density at radius 1 is 0.692 bits per heavy atom. The second-order valence-corrected chi connectivity index (χ2v) is 6.62. The van der Waals surface area contributed by atoms with Crippen LogP contribution in [0.3, 0.4) is 0 Å². The Morgan fingerprint density at radius 3 is 1.27 bits per heavy atom. The van der Waals surface area contributed by atoms with E-state index in [9.17, 15) is 0 Å². The lowest BCUT2D eigenvalue weighted by Crippen LogP contribution is -2.43. The van der Waals surface area contributed by atoms with Gasteiger partial charge in [-0.15, -0.1) is 0 Å². The molecule has 0 aromatic rings. The van der Waals surface area contributed by atoms with Crippen molar-refractivity contribution in [3.63, 3.8) is 0 Å². The Kier molecular flexibility index (Phi) is 16.7. The molecule has 8 N–H and O–H groups in total. The fraction of sp³-hybridized carbons (Fsp3) is 1.00. The van der Waals surface area contributed by atoms with E-state index in [0.717, 1.165) is 0 Å². The number of aliphatic hydroxyl groups excluding tert-OH is 8. The SMILES string of the molecule is CC(O)COC(C)CO.OCC(CO)(CO)COCC(CO)(CO)CO. The van der Waals surface area contributed by atoms with Crippen LogP contribution in [0.15, 0.2) is 0 Å². The molecule has 0 saturated heterocycles. The summed E-state index contributed by atoms with van der Waals surface area (Å²) in [6, 6.07) is 0. The summed E-state index contributed by atoms with van der Waals surface area (Å²) < 4.78 is 10.1. The molecule has 0 saturated carbocycles. The second kappa shape index (κ2) is 15.6. The van der Waals surface area contributed by atoms with Gasteiger partial charge in [-0.25, -0.2) is 0 Å². The van der Waals surface area contributed by atoms with Gasteiger partial charge in [-0.2, -0.15) is 0 Å². The molecule has 0 aromatic carbocycles. The average molecular weight is 388 g/mol. The zero-order chi connectivity index (χ0) is 20.6. The molecular formula is C16H36O10. The van der Waals surface area contributed by atoms with Gasteiger partial charge in [0.05, 0.1) is 89.1 Å². The van der Waals surface area contributed by atoms with Crippen molar-refractivity contribution in [2.75, 3.05) is 66.1 Å². The Morgan fingerprint density at radius 2 is 1.04 bits per heavy atom. The molecule has 0 amide bonds. The largest absolute Gasteiger partial charge is 0.396 e. The van der Waals surface area contributed by atoms with Crippen molar-refractivity contribution in [1.82, 2.24) is 0 Å². The summed E-state index contributed by atoms with van der Waals surface area (Å²) in [7, 11) is 0. The van der Waals surface area contributed by atoms with E-state index in [2.05, 4.69) is 0 Å². The highest BCUT2D eigenvalue weighted by molar-refractivity contribution is 4.80. The lowest BCUT2D eigenvalue weighted by atomic mass is 9.91. The molecule has 26 heavy (non-hydrogen) atoms. The minimum Gasteiger partial charge on any atom is -0.396 e. The van der Waals surface area contributed by atoms with Crippen molar-refractivity contribution in [1.29, 1.82) is 0 Å². The maximum atomic E-state index is 9.03. The summed E-state index contributed by atoms with van der Waals surface area (Å²) in [4.78, 5) is 0. The van der Waals surface area contributed by atoms with Crippen LogP contribution in [-0.4, -0.2) is 119 Å². The lowest BCUT2D eigenvalue weighted by Gasteiger charge is -2.31. The second-order valence-electron chi connectivity index (χ2n) is 6.62. The van der Waals surface area contributed by atoms with Gasteiger partial charge in [0.1, 0.15) is 0 Å². The van der Waals surface area contributed by atoms with Crippen molar-refractivity contribution >= 4 is 0 Å². The molecular weight excluding hydrogens is 352 g/mol. The van der Waals surface area contributed by atoms with Gasteiger partial charge in [0.25, 0.3) is 0 Å². The molecule has 0 aromatic heterocycles. The zero-order valence-electron chi connectivity index (χ0n) is 15.6. The first kappa shape index (κ1) is 27.8. The van der Waals surface area contributed by atoms with Gasteiger partial charge in [-0.1, -0.05) is 0 Å². The van der Waals surface area contributed by atoms with Crippen LogP contribution >= 0.6 is 0 Å². The molecule has 0 spiro atoms. The summed E-state index contributed by atoms with van der Waals surface area (Å²) in [6.07, 6.45) is -0.612. The molecule has 0 heterocycles. The number of aliphatic hydroxyl groups is 8. The Labute approximate surface area is 154 Å². The monoisotopic (exact) mass is 388 g/mol. The van der Waals surface area contributed by atoms with E-state index in [1.807, 2.05) is 0 Å². The van der Waals surface area contributed by atoms with E-state index < -0.39 is 56.6 Å². The summed E-state index contributed by atoms with van der Waals surface area (Å²) in [6.45, 7) is 0.690. The molecule has 10 nitrogen and oxygen atoms in total. The Bertz CT molecular complexity index is 269. The molecule has 0 rings (SSSR count). The normalized spacial score (nSPS) is 14.5. The van der Waals surface area contributed by atoms with Crippen molar-refractivity contribution in [3.8, 4) is 0 Å². The molecule has 0 bridgehead atoms. The lowest BCUT2D eigenvalue weighted by molar-refractivity contribution is -0.103. The van der Waals surface area contributed by atoms with Crippen LogP contribution in [0.5, 0.6) is 0 Å². The van der Waals surface area contributed by atoms with E-state index >= 15 is 0 Å². The molecule has 0 fully saturated rings. The number of hydrogen-bond donors (Lipinski definition) is 8. The average Bonchev–Trinajstić information content (AvgIpc) is 2.68. The highest BCUT2D eigenvalue weighted by Crippen LogP contribution is 2.19. The van der Waals surface area contributed by atoms with Crippen molar-refractivity contribution in [3.05, 3.63) is 0 Å². The Hall–Kier alpha value is -0.400. The topological polar surface area (TPSA) is 180 Å². The standard InChI is InChI=1S/C10H22O7.C6H14O3/c11-1-9(2-12,3-13)7-17-8-10(4-14,5-15)6-16;1-5(8)4-9-6(2)3-7/h11-16H,1-8H2;5-8H,3-4H2,1-2H3. The van der Waals surface area contributed by atoms with Gasteiger partial charge in [0.15, 0.2) is 0 Å². The van der Waals surface area contributed by atoms with Crippen molar-refractivity contribution < 1.29 is 50.3 Å². The zero-order valence-corrected chi connectivity index (χ0v) is 15.6. The van der Waals surface area contributed by atoms with Crippen molar-refractivity contribution in [2.24, 2.45) is 10.8 Å². The van der Waals surface area contributed by atoms with Crippen LogP contribution in [0.2, 0.25) is 0 Å².